The zero-order chi connectivity index (χ0) is 25.0. The van der Waals surface area contributed by atoms with Gasteiger partial charge in [-0.05, 0) is 79.0 Å². The van der Waals surface area contributed by atoms with E-state index in [1.807, 2.05) is 0 Å². The molecule has 0 aliphatic heterocycles. The second kappa shape index (κ2) is 10.7. The monoisotopic (exact) mass is 490 g/mol. The Morgan fingerprint density at radius 3 is 2.20 bits per heavy atom. The Morgan fingerprint density at radius 2 is 1.57 bits per heavy atom. The Labute approximate surface area is 201 Å². The molecule has 1 fully saturated rings. The zero-order valence-corrected chi connectivity index (χ0v) is 19.3. The summed E-state index contributed by atoms with van der Waals surface area (Å²) in [7, 11) is 0. The Balaban J connectivity index is 1.52. The van der Waals surface area contributed by atoms with Crippen molar-refractivity contribution in [3.8, 4) is 22.6 Å². The molecule has 0 aromatic heterocycles. The number of hydrogen-bond donors (Lipinski definition) is 0. The largest absolute Gasteiger partial charge is 0.432 e. The Bertz CT molecular complexity index is 1120. The lowest BCUT2D eigenvalue weighted by Crippen LogP contribution is -2.22. The van der Waals surface area contributed by atoms with Gasteiger partial charge in [0.05, 0.1) is 5.56 Å². The number of alkyl halides is 4. The van der Waals surface area contributed by atoms with Gasteiger partial charge in [-0.25, -0.2) is 4.39 Å². The summed E-state index contributed by atoms with van der Waals surface area (Å²) < 4.78 is 78.4. The lowest BCUT2D eigenvalue weighted by molar-refractivity contribution is -0.185. The van der Waals surface area contributed by atoms with Crippen molar-refractivity contribution < 1.29 is 31.4 Å². The summed E-state index contributed by atoms with van der Waals surface area (Å²) in [6.07, 6.45) is 2.00. The summed E-state index contributed by atoms with van der Waals surface area (Å²) in [6, 6.07) is 15.5. The number of halogens is 5. The fourth-order valence-electron chi connectivity index (χ4n) is 4.70. The van der Waals surface area contributed by atoms with Crippen LogP contribution in [-0.2, 0) is 6.11 Å². The molecule has 3 aromatic rings. The number of hydrogen-bond acceptors (Lipinski definition) is 2. The van der Waals surface area contributed by atoms with Crippen molar-refractivity contribution in [3.63, 3.8) is 0 Å². The highest BCUT2D eigenvalue weighted by atomic mass is 19.3. The fourth-order valence-corrected chi connectivity index (χ4v) is 4.70. The van der Waals surface area contributed by atoms with Gasteiger partial charge in [0, 0.05) is 5.56 Å². The normalized spacial score (nSPS) is 18.5. The predicted octanol–water partition coefficient (Wildman–Crippen LogP) is 8.91. The van der Waals surface area contributed by atoms with Gasteiger partial charge >= 0.3 is 12.7 Å². The number of para-hydroxylation sites is 1. The van der Waals surface area contributed by atoms with Crippen molar-refractivity contribution in [1.82, 2.24) is 0 Å². The molecule has 0 heterocycles. The molecule has 0 atom stereocenters. The molecule has 35 heavy (non-hydrogen) atoms. The maximum atomic E-state index is 15.1. The average Bonchev–Trinajstić information content (AvgIpc) is 2.85. The van der Waals surface area contributed by atoms with E-state index in [0.29, 0.717) is 5.92 Å². The maximum absolute atomic E-state index is 15.1. The third kappa shape index (κ3) is 5.95. The number of rotatable bonds is 8. The summed E-state index contributed by atoms with van der Waals surface area (Å²) in [5, 5.41) is 0. The third-order valence-electron chi connectivity index (χ3n) is 6.73. The SMILES string of the molecule is CCC1CCC(c2ccc(C(F)(F)Oc3ccccc3-c3ccc(OC(F)F)c(F)c3)cc2)CC1. The molecule has 2 nitrogen and oxygen atoms in total. The van der Waals surface area contributed by atoms with Crippen LogP contribution in [0.25, 0.3) is 11.1 Å². The van der Waals surface area contributed by atoms with E-state index in [0.717, 1.165) is 49.3 Å². The van der Waals surface area contributed by atoms with Crippen molar-refractivity contribution in [2.45, 2.75) is 57.7 Å². The van der Waals surface area contributed by atoms with Gasteiger partial charge in [0.2, 0.25) is 0 Å². The van der Waals surface area contributed by atoms with E-state index in [1.54, 1.807) is 18.2 Å². The first kappa shape index (κ1) is 25.0. The molecule has 0 amide bonds. The number of ether oxygens (including phenoxy) is 2. The lowest BCUT2D eigenvalue weighted by atomic mass is 9.78. The molecule has 0 saturated heterocycles. The van der Waals surface area contributed by atoms with Crippen LogP contribution in [0.3, 0.4) is 0 Å². The Morgan fingerprint density at radius 1 is 0.886 bits per heavy atom. The van der Waals surface area contributed by atoms with Gasteiger partial charge in [-0.15, -0.1) is 0 Å². The second-order valence-corrected chi connectivity index (χ2v) is 8.89. The molecular weight excluding hydrogens is 463 g/mol. The van der Waals surface area contributed by atoms with Gasteiger partial charge in [-0.3, -0.25) is 0 Å². The summed E-state index contributed by atoms with van der Waals surface area (Å²) >= 11 is 0. The van der Waals surface area contributed by atoms with Crippen molar-refractivity contribution in [1.29, 1.82) is 0 Å². The van der Waals surface area contributed by atoms with Crippen LogP contribution in [0, 0.1) is 11.7 Å². The predicted molar refractivity (Wildman–Crippen MR) is 124 cm³/mol. The molecular formula is C28H27F5O2. The van der Waals surface area contributed by atoms with Gasteiger partial charge in [-0.2, -0.15) is 17.6 Å². The number of benzene rings is 3. The minimum absolute atomic E-state index is 0.165. The van der Waals surface area contributed by atoms with Crippen molar-refractivity contribution in [3.05, 3.63) is 83.7 Å². The molecule has 0 bridgehead atoms. The van der Waals surface area contributed by atoms with E-state index >= 15 is 8.78 Å². The third-order valence-corrected chi connectivity index (χ3v) is 6.73. The van der Waals surface area contributed by atoms with Crippen LogP contribution in [0.2, 0.25) is 0 Å². The van der Waals surface area contributed by atoms with E-state index in [9.17, 15) is 13.2 Å². The van der Waals surface area contributed by atoms with Gasteiger partial charge in [0.15, 0.2) is 11.6 Å². The highest BCUT2D eigenvalue weighted by Gasteiger charge is 2.35. The maximum Gasteiger partial charge on any atom is 0.426 e. The molecule has 1 saturated carbocycles. The minimum atomic E-state index is -3.63. The van der Waals surface area contributed by atoms with Crippen molar-refractivity contribution in [2.75, 3.05) is 0 Å². The Kier molecular flexibility index (Phi) is 7.63. The summed E-state index contributed by atoms with van der Waals surface area (Å²) in [4.78, 5) is 0. The van der Waals surface area contributed by atoms with Crippen LogP contribution in [-0.4, -0.2) is 6.61 Å². The zero-order valence-electron chi connectivity index (χ0n) is 19.3. The summed E-state index contributed by atoms with van der Waals surface area (Å²) in [6.45, 7) is -0.977. The lowest BCUT2D eigenvalue weighted by Gasteiger charge is -2.28. The molecule has 1 aliphatic carbocycles. The van der Waals surface area contributed by atoms with Gasteiger partial charge in [0.25, 0.3) is 0 Å². The highest BCUT2D eigenvalue weighted by molar-refractivity contribution is 5.71. The van der Waals surface area contributed by atoms with Crippen LogP contribution >= 0.6 is 0 Å². The highest BCUT2D eigenvalue weighted by Crippen LogP contribution is 2.40. The van der Waals surface area contributed by atoms with E-state index in [2.05, 4.69) is 11.7 Å². The molecule has 186 valence electrons. The summed E-state index contributed by atoms with van der Waals surface area (Å²) in [5.74, 6) is -0.691. The van der Waals surface area contributed by atoms with Crippen molar-refractivity contribution >= 4 is 0 Å². The van der Waals surface area contributed by atoms with Crippen LogP contribution < -0.4 is 9.47 Å². The standard InChI is InChI=1S/C28H27F5O2/c1-2-18-7-9-19(10-8-18)20-11-14-22(15-12-20)28(32,33)35-25-6-4-3-5-23(25)21-13-16-26(24(29)17-21)34-27(30)31/h3-6,11-19,27H,2,7-10H2,1H3. The van der Waals surface area contributed by atoms with Gasteiger partial charge < -0.3 is 9.47 Å². The second-order valence-electron chi connectivity index (χ2n) is 8.89. The van der Waals surface area contributed by atoms with Crippen LogP contribution in [0.1, 0.15) is 56.1 Å². The molecule has 1 aliphatic rings. The molecule has 0 radical (unpaired) electrons. The van der Waals surface area contributed by atoms with Crippen LogP contribution in [0.15, 0.2) is 66.7 Å². The topological polar surface area (TPSA) is 18.5 Å². The first-order valence-electron chi connectivity index (χ1n) is 11.8. The quantitative estimate of drug-likeness (QED) is 0.294. The molecule has 3 aromatic carbocycles. The average molecular weight is 491 g/mol. The molecule has 4 rings (SSSR count). The minimum Gasteiger partial charge on any atom is -0.432 e. The molecule has 0 N–H and O–H groups in total. The first-order chi connectivity index (χ1) is 16.8. The van der Waals surface area contributed by atoms with Crippen LogP contribution in [0.4, 0.5) is 22.0 Å². The van der Waals surface area contributed by atoms with Crippen molar-refractivity contribution in [2.24, 2.45) is 5.92 Å². The summed E-state index contributed by atoms with van der Waals surface area (Å²) in [5.41, 5.74) is 1.15. The van der Waals surface area contributed by atoms with E-state index in [1.165, 1.54) is 42.8 Å². The molecule has 0 unspecified atom stereocenters. The molecule has 0 spiro atoms. The van der Waals surface area contributed by atoms with E-state index < -0.39 is 24.3 Å². The van der Waals surface area contributed by atoms with Gasteiger partial charge in [-0.1, -0.05) is 49.7 Å². The smallest absolute Gasteiger partial charge is 0.426 e. The fraction of sp³-hybridized carbons (Fsp3) is 0.357. The van der Waals surface area contributed by atoms with Gasteiger partial charge in [0.1, 0.15) is 5.75 Å². The molecule has 7 heteroatoms. The van der Waals surface area contributed by atoms with Crippen LogP contribution in [0.5, 0.6) is 11.5 Å². The first-order valence-corrected chi connectivity index (χ1v) is 11.8. The van der Waals surface area contributed by atoms with E-state index in [4.69, 9.17) is 4.74 Å². The Hall–Kier alpha value is -3.09. The van der Waals surface area contributed by atoms with E-state index in [-0.39, 0.29) is 22.4 Å².